The van der Waals surface area contributed by atoms with Gasteiger partial charge in [-0.05, 0) is 38.5 Å². The van der Waals surface area contributed by atoms with Gasteiger partial charge in [-0.15, -0.1) is 0 Å². The molecule has 0 saturated carbocycles. The fourth-order valence-corrected chi connectivity index (χ4v) is 1.69. The molecule has 20 heavy (non-hydrogen) atoms. The van der Waals surface area contributed by atoms with Gasteiger partial charge in [-0.1, -0.05) is 28.9 Å². The van der Waals surface area contributed by atoms with E-state index in [1.165, 1.54) is 0 Å². The molecule has 0 aliphatic carbocycles. The third-order valence-electron chi connectivity index (χ3n) is 3.08. The summed E-state index contributed by atoms with van der Waals surface area (Å²) in [6.45, 7) is 5.58. The van der Waals surface area contributed by atoms with E-state index in [0.717, 1.165) is 4.47 Å². The van der Waals surface area contributed by atoms with Crippen LogP contribution in [0, 0.1) is 5.41 Å². The van der Waals surface area contributed by atoms with Gasteiger partial charge >= 0.3 is 5.97 Å². The number of aliphatic hydroxyl groups excluding tert-OH is 1. The van der Waals surface area contributed by atoms with E-state index in [4.69, 9.17) is 9.47 Å². The number of esters is 1. The second-order valence-corrected chi connectivity index (χ2v) is 6.17. The summed E-state index contributed by atoms with van der Waals surface area (Å²) >= 11 is 3.34. The summed E-state index contributed by atoms with van der Waals surface area (Å²) in [5.41, 5.74) is -0.523. The van der Waals surface area contributed by atoms with Gasteiger partial charge in [0.05, 0.1) is 5.41 Å². The molecule has 0 saturated heterocycles. The molecule has 1 unspecified atom stereocenters. The lowest BCUT2D eigenvalue weighted by atomic mass is 9.91. The monoisotopic (exact) mass is 344 g/mol. The lowest BCUT2D eigenvalue weighted by molar-refractivity contribution is -0.157. The van der Waals surface area contributed by atoms with Crippen LogP contribution in [-0.2, 0) is 9.53 Å². The minimum absolute atomic E-state index is 0.0593. The van der Waals surface area contributed by atoms with Crippen molar-refractivity contribution >= 4 is 21.9 Å². The average Bonchev–Trinajstić information content (AvgIpc) is 2.42. The van der Waals surface area contributed by atoms with Crippen LogP contribution in [0.15, 0.2) is 28.7 Å². The zero-order valence-corrected chi connectivity index (χ0v) is 13.6. The van der Waals surface area contributed by atoms with Gasteiger partial charge in [0.1, 0.15) is 25.1 Å². The van der Waals surface area contributed by atoms with Crippen LogP contribution >= 0.6 is 15.9 Å². The molecule has 0 fully saturated rings. The van der Waals surface area contributed by atoms with Crippen molar-refractivity contribution in [3.63, 3.8) is 0 Å². The first-order chi connectivity index (χ1) is 9.35. The molecule has 0 aromatic heterocycles. The average molecular weight is 345 g/mol. The van der Waals surface area contributed by atoms with Crippen molar-refractivity contribution in [3.8, 4) is 5.75 Å². The lowest BCUT2D eigenvalue weighted by Gasteiger charge is -2.21. The predicted octanol–water partition coefficient (Wildman–Crippen LogP) is 3.17. The van der Waals surface area contributed by atoms with Crippen molar-refractivity contribution in [2.24, 2.45) is 5.41 Å². The Kier molecular flexibility index (Phi) is 6.49. The first kappa shape index (κ1) is 17.0. The van der Waals surface area contributed by atoms with E-state index in [2.05, 4.69) is 15.9 Å². The second kappa shape index (κ2) is 7.64. The molecule has 0 bridgehead atoms. The highest BCUT2D eigenvalue weighted by Gasteiger charge is 2.27. The molecule has 1 rings (SSSR count). The fourth-order valence-electron chi connectivity index (χ4n) is 1.31. The van der Waals surface area contributed by atoms with Crippen LogP contribution in [0.1, 0.15) is 27.2 Å². The van der Waals surface area contributed by atoms with Gasteiger partial charge in [-0.25, -0.2) is 0 Å². The van der Waals surface area contributed by atoms with E-state index >= 15 is 0 Å². The van der Waals surface area contributed by atoms with E-state index in [0.29, 0.717) is 12.2 Å². The predicted molar refractivity (Wildman–Crippen MR) is 80.7 cm³/mol. The first-order valence-electron chi connectivity index (χ1n) is 6.59. The Bertz CT molecular complexity index is 445. The molecule has 0 heterocycles. The number of halogens is 1. The highest BCUT2D eigenvalue weighted by molar-refractivity contribution is 9.10. The molecule has 1 aromatic rings. The Balaban J connectivity index is 2.34. The Morgan fingerprint density at radius 2 is 2.10 bits per heavy atom. The third-order valence-corrected chi connectivity index (χ3v) is 3.58. The molecular weight excluding hydrogens is 324 g/mol. The van der Waals surface area contributed by atoms with Crippen molar-refractivity contribution in [3.05, 3.63) is 28.7 Å². The number of benzene rings is 1. The highest BCUT2D eigenvalue weighted by Crippen LogP contribution is 2.21. The van der Waals surface area contributed by atoms with Crippen LogP contribution in [0.25, 0.3) is 0 Å². The standard InChI is InChI=1S/C15H21BrO4/c1-4-15(2,3)14(18)20-10-12(17)9-19-13-7-5-6-11(16)8-13/h5-8,12,17H,4,9-10H2,1-3H3. The van der Waals surface area contributed by atoms with Crippen molar-refractivity contribution in [1.82, 2.24) is 0 Å². The van der Waals surface area contributed by atoms with Crippen molar-refractivity contribution in [2.45, 2.75) is 33.3 Å². The first-order valence-corrected chi connectivity index (χ1v) is 7.38. The van der Waals surface area contributed by atoms with E-state index < -0.39 is 11.5 Å². The summed E-state index contributed by atoms with van der Waals surface area (Å²) in [4.78, 5) is 11.7. The minimum atomic E-state index is -0.842. The molecule has 1 atom stereocenters. The second-order valence-electron chi connectivity index (χ2n) is 5.26. The molecule has 1 N–H and O–H groups in total. The fraction of sp³-hybridized carbons (Fsp3) is 0.533. The van der Waals surface area contributed by atoms with Crippen LogP contribution in [0.4, 0.5) is 0 Å². The number of ether oxygens (including phenoxy) is 2. The molecule has 1 aromatic carbocycles. The Morgan fingerprint density at radius 3 is 2.70 bits per heavy atom. The normalized spacial score (nSPS) is 12.8. The number of carbonyl (C=O) groups is 1. The number of hydrogen-bond donors (Lipinski definition) is 1. The summed E-state index contributed by atoms with van der Waals surface area (Å²) in [5, 5.41) is 9.75. The number of hydrogen-bond acceptors (Lipinski definition) is 4. The van der Waals surface area contributed by atoms with Gasteiger partial charge in [-0.2, -0.15) is 0 Å². The van der Waals surface area contributed by atoms with Crippen molar-refractivity contribution in [2.75, 3.05) is 13.2 Å². The summed E-state index contributed by atoms with van der Waals surface area (Å²) in [6, 6.07) is 7.33. The number of rotatable bonds is 7. The van der Waals surface area contributed by atoms with Gasteiger partial charge in [0.2, 0.25) is 0 Å². The number of carbonyl (C=O) groups excluding carboxylic acids is 1. The van der Waals surface area contributed by atoms with Crippen LogP contribution in [0.5, 0.6) is 5.75 Å². The zero-order chi connectivity index (χ0) is 15.2. The minimum Gasteiger partial charge on any atom is -0.491 e. The van der Waals surface area contributed by atoms with Gasteiger partial charge in [-0.3, -0.25) is 4.79 Å². The summed E-state index contributed by atoms with van der Waals surface area (Å²) in [5.74, 6) is 0.347. The van der Waals surface area contributed by atoms with Crippen LogP contribution in [0.2, 0.25) is 0 Å². The molecule has 0 aliphatic rings. The lowest BCUT2D eigenvalue weighted by Crippen LogP contribution is -2.31. The quantitative estimate of drug-likeness (QED) is 0.772. The van der Waals surface area contributed by atoms with Crippen molar-refractivity contribution < 1.29 is 19.4 Å². The smallest absolute Gasteiger partial charge is 0.311 e. The molecule has 112 valence electrons. The third kappa shape index (κ3) is 5.51. The molecule has 0 amide bonds. The maximum atomic E-state index is 11.7. The van der Waals surface area contributed by atoms with Crippen molar-refractivity contribution in [1.29, 1.82) is 0 Å². The summed E-state index contributed by atoms with van der Waals surface area (Å²) in [6.07, 6.45) is -0.151. The highest BCUT2D eigenvalue weighted by atomic mass is 79.9. The topological polar surface area (TPSA) is 55.8 Å². The molecule has 0 aliphatic heterocycles. The van der Waals surface area contributed by atoms with E-state index in [9.17, 15) is 9.90 Å². The number of aliphatic hydroxyl groups is 1. The van der Waals surface area contributed by atoms with E-state index in [-0.39, 0.29) is 19.2 Å². The Morgan fingerprint density at radius 1 is 1.40 bits per heavy atom. The SMILES string of the molecule is CCC(C)(C)C(=O)OCC(O)COc1cccc(Br)c1. The van der Waals surface area contributed by atoms with Gasteiger partial charge in [0.15, 0.2) is 0 Å². The molecule has 5 heteroatoms. The van der Waals surface area contributed by atoms with Gasteiger partial charge < -0.3 is 14.6 Å². The molecule has 0 spiro atoms. The Hall–Kier alpha value is -1.07. The molecule has 4 nitrogen and oxygen atoms in total. The maximum absolute atomic E-state index is 11.7. The van der Waals surface area contributed by atoms with E-state index in [1.807, 2.05) is 32.9 Å². The van der Waals surface area contributed by atoms with Gasteiger partial charge in [0.25, 0.3) is 0 Å². The molecule has 0 radical (unpaired) electrons. The zero-order valence-electron chi connectivity index (χ0n) is 12.1. The summed E-state index contributed by atoms with van der Waals surface area (Å²) < 4.78 is 11.4. The van der Waals surface area contributed by atoms with Gasteiger partial charge in [0, 0.05) is 4.47 Å². The maximum Gasteiger partial charge on any atom is 0.311 e. The Labute approximate surface area is 128 Å². The van der Waals surface area contributed by atoms with E-state index in [1.54, 1.807) is 12.1 Å². The van der Waals surface area contributed by atoms with Crippen LogP contribution in [-0.4, -0.2) is 30.4 Å². The molecular formula is C15H21BrO4. The van der Waals surface area contributed by atoms with Crippen LogP contribution in [0.3, 0.4) is 0 Å². The summed E-state index contributed by atoms with van der Waals surface area (Å²) in [7, 11) is 0. The van der Waals surface area contributed by atoms with Crippen LogP contribution < -0.4 is 4.74 Å². The largest absolute Gasteiger partial charge is 0.491 e.